The zero-order valence-corrected chi connectivity index (χ0v) is 12.8. The molecule has 0 atom stereocenters. The molecule has 0 saturated heterocycles. The summed E-state index contributed by atoms with van der Waals surface area (Å²) in [7, 11) is 0. The van der Waals surface area contributed by atoms with Gasteiger partial charge in [-0.05, 0) is 36.6 Å². The van der Waals surface area contributed by atoms with E-state index in [0.717, 1.165) is 24.1 Å². The van der Waals surface area contributed by atoms with Crippen molar-refractivity contribution in [2.45, 2.75) is 25.8 Å². The highest BCUT2D eigenvalue weighted by molar-refractivity contribution is 5.97. The van der Waals surface area contributed by atoms with Gasteiger partial charge in [0.1, 0.15) is 0 Å². The summed E-state index contributed by atoms with van der Waals surface area (Å²) in [5, 5.41) is 2.88. The average molecular weight is 317 g/mol. The number of nitrogens with one attached hydrogen (secondary N) is 1. The fraction of sp³-hybridized carbons (Fsp3) is 0.235. The van der Waals surface area contributed by atoms with Crippen molar-refractivity contribution in [3.63, 3.8) is 0 Å². The topological polar surface area (TPSA) is 50.1 Å². The molecule has 1 aromatic heterocycles. The van der Waals surface area contributed by atoms with E-state index in [9.17, 15) is 9.59 Å². The van der Waals surface area contributed by atoms with Crippen LogP contribution in [0.2, 0.25) is 0 Å². The van der Waals surface area contributed by atoms with Crippen molar-refractivity contribution < 1.29 is 26.6 Å². The van der Waals surface area contributed by atoms with Crippen LogP contribution in [0.5, 0.6) is 0 Å². The van der Waals surface area contributed by atoms with E-state index in [4.69, 9.17) is 0 Å². The Morgan fingerprint density at radius 2 is 1.91 bits per heavy atom. The Kier molecular flexibility index (Phi) is 5.28. The molecule has 114 valence electrons. The number of nitrogens with zero attached hydrogens (tertiary/aromatic N) is 1. The summed E-state index contributed by atoms with van der Waals surface area (Å²) in [5.74, 6) is 0.122. The molecule has 5 heteroatoms. The number of hydrogen-bond acceptors (Lipinski definition) is 2. The first kappa shape index (κ1) is 16.2. The third-order valence-electron chi connectivity index (χ3n) is 3.65. The molecule has 1 aromatic carbocycles. The number of ketones is 1. The molecule has 1 aliphatic heterocycles. The molecule has 2 heterocycles. The number of Topliss-reactive ketones (excluding diaryl/α,β-unsaturated/α-hetero) is 1. The third-order valence-corrected chi connectivity index (χ3v) is 3.65. The first-order chi connectivity index (χ1) is 10.2. The maximum Gasteiger partial charge on any atom is 0.227 e. The molecule has 22 heavy (non-hydrogen) atoms. The van der Waals surface area contributed by atoms with Crippen molar-refractivity contribution >= 4 is 17.4 Å². The smallest absolute Gasteiger partial charge is 0.227 e. The van der Waals surface area contributed by atoms with Gasteiger partial charge in [-0.1, -0.05) is 6.07 Å². The summed E-state index contributed by atoms with van der Waals surface area (Å²) >= 11 is 0. The van der Waals surface area contributed by atoms with E-state index in [2.05, 4.69) is 5.32 Å². The van der Waals surface area contributed by atoms with E-state index in [1.54, 1.807) is 6.07 Å². The first-order valence-electron chi connectivity index (χ1n) is 7.12. The lowest BCUT2D eigenvalue weighted by Crippen LogP contribution is -3.00. The Balaban J connectivity index is 0.00000176. The van der Waals surface area contributed by atoms with Gasteiger partial charge >= 0.3 is 0 Å². The predicted molar refractivity (Wildman–Crippen MR) is 79.0 cm³/mol. The molecular formula is C17H17ClN2O2. The Labute approximate surface area is 135 Å². The molecule has 0 fully saturated rings. The lowest BCUT2D eigenvalue weighted by Gasteiger charge is -2.08. The monoisotopic (exact) mass is 316 g/mol. The molecule has 1 N–H and O–H groups in total. The van der Waals surface area contributed by atoms with Crippen molar-refractivity contribution in [1.82, 2.24) is 0 Å². The standard InChI is InChI=1S/C17H16N2O2.ClH/c20-16(12-19-9-2-1-3-10-19)14-7-8-15-13(11-14)5-4-6-17(21)18-15;/h1-3,7-11H,4-6,12H2;1H. The number of fused-ring (bicyclic) bond motifs is 1. The van der Waals surface area contributed by atoms with Gasteiger partial charge in [0.15, 0.2) is 12.4 Å². The SMILES string of the molecule is O=C1CCCc2cc(C(=O)C[n+]3ccccc3)ccc2N1.[Cl-]. The van der Waals surface area contributed by atoms with Crippen molar-refractivity contribution in [2.75, 3.05) is 5.32 Å². The van der Waals surface area contributed by atoms with Crippen LogP contribution in [0.15, 0.2) is 48.8 Å². The number of benzene rings is 1. The van der Waals surface area contributed by atoms with Gasteiger partial charge in [-0.3, -0.25) is 9.59 Å². The van der Waals surface area contributed by atoms with Crippen molar-refractivity contribution in [2.24, 2.45) is 0 Å². The highest BCUT2D eigenvalue weighted by atomic mass is 35.5. The van der Waals surface area contributed by atoms with Crippen molar-refractivity contribution in [3.05, 3.63) is 59.9 Å². The number of anilines is 1. The van der Waals surface area contributed by atoms with Crippen molar-refractivity contribution in [1.29, 1.82) is 0 Å². The second-order valence-electron chi connectivity index (χ2n) is 5.24. The molecule has 0 saturated carbocycles. The highest BCUT2D eigenvalue weighted by Crippen LogP contribution is 2.23. The summed E-state index contributed by atoms with van der Waals surface area (Å²) < 4.78 is 1.86. The Morgan fingerprint density at radius 3 is 2.68 bits per heavy atom. The van der Waals surface area contributed by atoms with Crippen LogP contribution >= 0.6 is 0 Å². The van der Waals surface area contributed by atoms with Gasteiger partial charge in [0.2, 0.25) is 18.2 Å². The van der Waals surface area contributed by atoms with Gasteiger partial charge in [-0.15, -0.1) is 0 Å². The Bertz CT molecular complexity index is 686. The number of hydrogen-bond donors (Lipinski definition) is 1. The van der Waals surface area contributed by atoms with Crippen LogP contribution in [0.25, 0.3) is 0 Å². The number of aryl methyl sites for hydroxylation is 1. The number of carbonyl (C=O) groups excluding carboxylic acids is 2. The van der Waals surface area contributed by atoms with Gasteiger partial charge in [0.25, 0.3) is 0 Å². The molecular weight excluding hydrogens is 300 g/mol. The second-order valence-corrected chi connectivity index (χ2v) is 5.24. The molecule has 1 amide bonds. The molecule has 0 spiro atoms. The van der Waals surface area contributed by atoms with E-state index in [1.165, 1.54) is 0 Å². The van der Waals surface area contributed by atoms with Crippen LogP contribution in [-0.4, -0.2) is 11.7 Å². The number of amides is 1. The lowest BCUT2D eigenvalue weighted by atomic mass is 10.0. The van der Waals surface area contributed by atoms with Gasteiger partial charge in [0, 0.05) is 29.8 Å². The van der Waals surface area contributed by atoms with E-state index >= 15 is 0 Å². The van der Waals surface area contributed by atoms with E-state index in [0.29, 0.717) is 18.5 Å². The lowest BCUT2D eigenvalue weighted by molar-refractivity contribution is -0.683. The van der Waals surface area contributed by atoms with Gasteiger partial charge < -0.3 is 17.7 Å². The molecule has 0 aliphatic carbocycles. The van der Waals surface area contributed by atoms with Gasteiger partial charge in [-0.25, -0.2) is 0 Å². The number of carbonyl (C=O) groups is 2. The average Bonchev–Trinajstić information content (AvgIpc) is 2.68. The maximum absolute atomic E-state index is 12.3. The van der Waals surface area contributed by atoms with Crippen LogP contribution in [0.1, 0.15) is 28.8 Å². The van der Waals surface area contributed by atoms with Crippen LogP contribution in [0, 0.1) is 0 Å². The Morgan fingerprint density at radius 1 is 1.14 bits per heavy atom. The van der Waals surface area contributed by atoms with E-state index in [-0.39, 0.29) is 24.1 Å². The normalized spacial score (nSPS) is 13.4. The molecule has 3 rings (SSSR count). The van der Waals surface area contributed by atoms with Crippen LogP contribution < -0.4 is 22.3 Å². The van der Waals surface area contributed by atoms with E-state index in [1.807, 2.05) is 47.3 Å². The summed E-state index contributed by atoms with van der Waals surface area (Å²) in [5.41, 5.74) is 2.58. The van der Waals surface area contributed by atoms with Crippen LogP contribution in [0.4, 0.5) is 5.69 Å². The second kappa shape index (κ2) is 7.18. The van der Waals surface area contributed by atoms with Gasteiger partial charge in [0.05, 0.1) is 0 Å². The summed E-state index contributed by atoms with van der Waals surface area (Å²) in [6.45, 7) is 0.325. The third kappa shape index (κ3) is 3.71. The fourth-order valence-electron chi connectivity index (χ4n) is 2.54. The largest absolute Gasteiger partial charge is 1.00 e. The molecule has 0 radical (unpaired) electrons. The molecule has 1 aliphatic rings. The molecule has 0 bridgehead atoms. The minimum atomic E-state index is 0. The minimum Gasteiger partial charge on any atom is -1.00 e. The fourth-order valence-corrected chi connectivity index (χ4v) is 2.54. The van der Waals surface area contributed by atoms with Crippen molar-refractivity contribution in [3.8, 4) is 0 Å². The first-order valence-corrected chi connectivity index (χ1v) is 7.12. The number of aromatic nitrogens is 1. The quantitative estimate of drug-likeness (QED) is 0.591. The molecule has 0 unspecified atom stereocenters. The number of rotatable bonds is 3. The minimum absolute atomic E-state index is 0. The summed E-state index contributed by atoms with van der Waals surface area (Å²) in [4.78, 5) is 23.9. The van der Waals surface area contributed by atoms with Crippen LogP contribution in [-0.2, 0) is 17.8 Å². The van der Waals surface area contributed by atoms with Crippen LogP contribution in [0.3, 0.4) is 0 Å². The summed E-state index contributed by atoms with van der Waals surface area (Å²) in [6, 6.07) is 11.3. The molecule has 2 aromatic rings. The zero-order chi connectivity index (χ0) is 14.7. The van der Waals surface area contributed by atoms with E-state index < -0.39 is 0 Å². The van der Waals surface area contributed by atoms with Gasteiger partial charge in [-0.2, -0.15) is 4.57 Å². The number of halogens is 1. The summed E-state index contributed by atoms with van der Waals surface area (Å²) in [6.07, 6.45) is 5.94. The maximum atomic E-state index is 12.3. The molecule has 4 nitrogen and oxygen atoms in total. The highest BCUT2D eigenvalue weighted by Gasteiger charge is 2.17. The Hall–Kier alpha value is -2.20. The zero-order valence-electron chi connectivity index (χ0n) is 12.1. The predicted octanol–water partition coefficient (Wildman–Crippen LogP) is -0.864. The number of pyridine rings is 1.